The van der Waals surface area contributed by atoms with Crippen LogP contribution in [0.15, 0.2) is 29.3 Å². The van der Waals surface area contributed by atoms with Crippen LogP contribution >= 0.6 is 0 Å². The Hall–Kier alpha value is -2.13. The van der Waals surface area contributed by atoms with Crippen LogP contribution < -0.4 is 4.90 Å². The quantitative estimate of drug-likeness (QED) is 0.600. The third-order valence-corrected chi connectivity index (χ3v) is 3.33. The average molecular weight is 259 g/mol. The van der Waals surface area contributed by atoms with E-state index in [0.717, 1.165) is 38.3 Å². The van der Waals surface area contributed by atoms with E-state index < -0.39 is 0 Å². The Labute approximate surface area is 112 Å². The van der Waals surface area contributed by atoms with Gasteiger partial charge in [0, 0.05) is 38.8 Å². The van der Waals surface area contributed by atoms with Crippen molar-refractivity contribution in [1.29, 1.82) is 0 Å². The molecule has 0 aliphatic carbocycles. The number of isocyanates is 1. The molecular formula is C14H17N3O2. The maximum atomic E-state index is 11.4. The van der Waals surface area contributed by atoms with E-state index in [9.17, 15) is 9.59 Å². The number of carbonyl (C=O) groups excluding carboxylic acids is 2. The fourth-order valence-electron chi connectivity index (χ4n) is 2.28. The van der Waals surface area contributed by atoms with E-state index in [1.165, 1.54) is 6.08 Å². The smallest absolute Gasteiger partial charge is 0.240 e. The summed E-state index contributed by atoms with van der Waals surface area (Å²) in [4.78, 5) is 29.2. The minimum Gasteiger partial charge on any atom is -0.370 e. The lowest BCUT2D eigenvalue weighted by Crippen LogP contribution is -2.33. The molecule has 1 fully saturated rings. The lowest BCUT2D eigenvalue weighted by molar-refractivity contribution is -0.128. The molecule has 0 saturated carbocycles. The highest BCUT2D eigenvalue weighted by molar-refractivity contribution is 5.73. The number of amides is 1. The molecule has 1 amide bonds. The van der Waals surface area contributed by atoms with Crippen molar-refractivity contribution >= 4 is 23.4 Å². The summed E-state index contributed by atoms with van der Waals surface area (Å²) in [5, 5.41) is 0. The minimum absolute atomic E-state index is 0.137. The minimum atomic E-state index is 0.137. The van der Waals surface area contributed by atoms with Crippen molar-refractivity contribution in [1.82, 2.24) is 4.90 Å². The van der Waals surface area contributed by atoms with Gasteiger partial charge in [-0.3, -0.25) is 4.79 Å². The fraction of sp³-hybridized carbons (Fsp3) is 0.429. The summed E-state index contributed by atoms with van der Waals surface area (Å²) in [6, 6.07) is 7.49. The van der Waals surface area contributed by atoms with E-state index in [1.807, 2.05) is 17.0 Å². The van der Waals surface area contributed by atoms with Gasteiger partial charge in [0.2, 0.25) is 12.0 Å². The van der Waals surface area contributed by atoms with Crippen molar-refractivity contribution in [2.45, 2.75) is 13.3 Å². The van der Waals surface area contributed by atoms with E-state index >= 15 is 0 Å². The molecule has 0 unspecified atom stereocenters. The maximum absolute atomic E-state index is 11.4. The summed E-state index contributed by atoms with van der Waals surface area (Å²) in [6.45, 7) is 4.95. The molecule has 0 N–H and O–H groups in total. The number of hydrogen-bond acceptors (Lipinski definition) is 4. The molecule has 0 spiro atoms. The summed E-state index contributed by atoms with van der Waals surface area (Å²) in [5.41, 5.74) is 1.70. The highest BCUT2D eigenvalue weighted by Crippen LogP contribution is 2.20. The van der Waals surface area contributed by atoms with Crippen molar-refractivity contribution in [3.63, 3.8) is 0 Å². The molecule has 19 heavy (non-hydrogen) atoms. The lowest BCUT2D eigenvalue weighted by Gasteiger charge is -2.23. The second-order valence-corrected chi connectivity index (χ2v) is 4.57. The van der Waals surface area contributed by atoms with Crippen molar-refractivity contribution in [3.8, 4) is 0 Å². The average Bonchev–Trinajstić information content (AvgIpc) is 2.66. The first-order chi connectivity index (χ1) is 9.20. The highest BCUT2D eigenvalue weighted by atomic mass is 16.2. The second kappa shape index (κ2) is 6.16. The molecule has 0 bridgehead atoms. The number of nitrogens with zero attached hydrogens (tertiary/aromatic N) is 3. The maximum Gasteiger partial charge on any atom is 0.240 e. The predicted octanol–water partition coefficient (Wildman–Crippen LogP) is 1.71. The Balaban J connectivity index is 2.05. The lowest BCUT2D eigenvalue weighted by atomic mass is 10.2. The molecule has 1 heterocycles. The topological polar surface area (TPSA) is 53.0 Å². The molecular weight excluding hydrogens is 242 g/mol. The molecule has 100 valence electrons. The van der Waals surface area contributed by atoms with Crippen molar-refractivity contribution in [2.75, 3.05) is 31.1 Å². The molecule has 0 atom stereocenters. The van der Waals surface area contributed by atoms with Gasteiger partial charge in [0.15, 0.2) is 0 Å². The van der Waals surface area contributed by atoms with E-state index in [1.54, 1.807) is 19.1 Å². The molecule has 2 rings (SSSR count). The predicted molar refractivity (Wildman–Crippen MR) is 73.3 cm³/mol. The van der Waals surface area contributed by atoms with Crippen LogP contribution in [0.3, 0.4) is 0 Å². The van der Waals surface area contributed by atoms with Gasteiger partial charge in [-0.05, 0) is 30.7 Å². The van der Waals surface area contributed by atoms with Crippen molar-refractivity contribution in [2.24, 2.45) is 4.99 Å². The molecule has 5 nitrogen and oxygen atoms in total. The van der Waals surface area contributed by atoms with Crippen LogP contribution in [0.2, 0.25) is 0 Å². The second-order valence-electron chi connectivity index (χ2n) is 4.57. The highest BCUT2D eigenvalue weighted by Gasteiger charge is 2.16. The zero-order valence-corrected chi connectivity index (χ0v) is 11.0. The van der Waals surface area contributed by atoms with Crippen molar-refractivity contribution in [3.05, 3.63) is 24.3 Å². The Morgan fingerprint density at radius 3 is 2.53 bits per heavy atom. The third kappa shape index (κ3) is 3.42. The molecule has 1 aliphatic rings. The van der Waals surface area contributed by atoms with Crippen LogP contribution in [0, 0.1) is 0 Å². The van der Waals surface area contributed by atoms with Gasteiger partial charge in [-0.25, -0.2) is 4.79 Å². The van der Waals surface area contributed by atoms with Crippen molar-refractivity contribution < 1.29 is 9.59 Å². The van der Waals surface area contributed by atoms with Gasteiger partial charge in [0.25, 0.3) is 0 Å². The van der Waals surface area contributed by atoms with Gasteiger partial charge in [-0.1, -0.05) is 0 Å². The zero-order chi connectivity index (χ0) is 13.7. The molecule has 1 aromatic rings. The van der Waals surface area contributed by atoms with Gasteiger partial charge in [0.05, 0.1) is 5.69 Å². The number of rotatable bonds is 2. The summed E-state index contributed by atoms with van der Waals surface area (Å²) in [5.74, 6) is 0.137. The Kier molecular flexibility index (Phi) is 4.31. The largest absolute Gasteiger partial charge is 0.370 e. The van der Waals surface area contributed by atoms with E-state index in [0.29, 0.717) is 5.69 Å². The Morgan fingerprint density at radius 2 is 1.89 bits per heavy atom. The number of benzene rings is 1. The van der Waals surface area contributed by atoms with Crippen LogP contribution in [-0.2, 0) is 9.59 Å². The summed E-state index contributed by atoms with van der Waals surface area (Å²) in [6.07, 6.45) is 2.49. The van der Waals surface area contributed by atoms with Gasteiger partial charge < -0.3 is 9.80 Å². The first kappa shape index (κ1) is 13.3. The monoisotopic (exact) mass is 259 g/mol. The summed E-state index contributed by atoms with van der Waals surface area (Å²) < 4.78 is 0. The van der Waals surface area contributed by atoms with E-state index in [-0.39, 0.29) is 5.91 Å². The molecule has 1 saturated heterocycles. The standard InChI is InChI=1S/C14H17N3O2/c1-12(19)16-7-2-8-17(10-9-16)14-5-3-13(4-6-14)15-11-18/h3-6H,2,7-10H2,1H3. The third-order valence-electron chi connectivity index (χ3n) is 3.33. The number of anilines is 1. The summed E-state index contributed by atoms with van der Waals surface area (Å²) >= 11 is 0. The van der Waals surface area contributed by atoms with Gasteiger partial charge >= 0.3 is 0 Å². The van der Waals surface area contributed by atoms with E-state index in [4.69, 9.17) is 0 Å². The first-order valence-electron chi connectivity index (χ1n) is 6.39. The molecule has 1 aromatic carbocycles. The van der Waals surface area contributed by atoms with Crippen LogP contribution in [0.25, 0.3) is 0 Å². The van der Waals surface area contributed by atoms with Crippen LogP contribution in [0.4, 0.5) is 11.4 Å². The summed E-state index contributed by atoms with van der Waals surface area (Å²) in [7, 11) is 0. The van der Waals surface area contributed by atoms with E-state index in [2.05, 4.69) is 9.89 Å². The Bertz CT molecular complexity index is 492. The van der Waals surface area contributed by atoms with Gasteiger partial charge in [0.1, 0.15) is 0 Å². The SMILES string of the molecule is CC(=O)N1CCCN(c2ccc(N=C=O)cc2)CC1. The number of hydrogen-bond donors (Lipinski definition) is 0. The Morgan fingerprint density at radius 1 is 1.16 bits per heavy atom. The fourth-order valence-corrected chi connectivity index (χ4v) is 2.28. The van der Waals surface area contributed by atoms with Crippen LogP contribution in [0.1, 0.15) is 13.3 Å². The number of carbonyl (C=O) groups is 1. The molecule has 1 aliphatic heterocycles. The van der Waals surface area contributed by atoms with Crippen LogP contribution in [0.5, 0.6) is 0 Å². The van der Waals surface area contributed by atoms with Gasteiger partial charge in [-0.15, -0.1) is 0 Å². The molecule has 5 heteroatoms. The normalized spacial score (nSPS) is 15.6. The number of aliphatic imine (C=N–C) groups is 1. The van der Waals surface area contributed by atoms with Gasteiger partial charge in [-0.2, -0.15) is 4.99 Å². The first-order valence-corrected chi connectivity index (χ1v) is 6.39. The molecule has 0 radical (unpaired) electrons. The zero-order valence-electron chi connectivity index (χ0n) is 11.0. The molecule has 0 aromatic heterocycles. The van der Waals surface area contributed by atoms with Crippen LogP contribution in [-0.4, -0.2) is 43.1 Å².